The molecule has 3 heteroatoms. The fourth-order valence-corrected chi connectivity index (χ4v) is 0.414. The highest BCUT2D eigenvalue weighted by molar-refractivity contribution is 5.58. The first-order valence-corrected chi connectivity index (χ1v) is 3.52. The molecule has 0 aliphatic rings. The van der Waals surface area contributed by atoms with Gasteiger partial charge in [-0.2, -0.15) is 5.10 Å². The highest BCUT2D eigenvalue weighted by Gasteiger charge is 1.83. The van der Waals surface area contributed by atoms with Gasteiger partial charge in [0, 0.05) is 13.3 Å². The summed E-state index contributed by atoms with van der Waals surface area (Å²) in [4.78, 5) is 0. The molecule has 1 N–H and O–H groups in total. The van der Waals surface area contributed by atoms with E-state index < -0.39 is 0 Å². The molecule has 0 spiro atoms. The highest BCUT2D eigenvalue weighted by Crippen LogP contribution is 1.82. The number of hydrazone groups is 1. The maximum Gasteiger partial charge on any atom is 0.0652 e. The van der Waals surface area contributed by atoms with Crippen LogP contribution in [0.25, 0.3) is 0 Å². The van der Waals surface area contributed by atoms with Crippen molar-refractivity contribution < 1.29 is 4.74 Å². The average molecular weight is 144 g/mol. The molecule has 0 radical (unpaired) electrons. The van der Waals surface area contributed by atoms with E-state index in [1.165, 1.54) is 0 Å². The van der Waals surface area contributed by atoms with Gasteiger partial charge < -0.3 is 10.2 Å². The standard InChI is InChI=1S/C7H16N2O/c1-7(2)6-9-8-4-5-10-3/h6-8H,4-5H2,1-3H3/b9-6+. The van der Waals surface area contributed by atoms with Gasteiger partial charge in [-0.05, 0) is 5.92 Å². The van der Waals surface area contributed by atoms with Gasteiger partial charge in [0.15, 0.2) is 0 Å². The molecule has 0 unspecified atom stereocenters. The predicted octanol–water partition coefficient (Wildman–Crippen LogP) is 0.864. The molecule has 0 aromatic rings. The largest absolute Gasteiger partial charge is 0.383 e. The van der Waals surface area contributed by atoms with Gasteiger partial charge in [-0.25, -0.2) is 0 Å². The van der Waals surface area contributed by atoms with Gasteiger partial charge in [0.05, 0.1) is 13.2 Å². The first-order chi connectivity index (χ1) is 4.77. The number of hydrogen-bond acceptors (Lipinski definition) is 3. The summed E-state index contributed by atoms with van der Waals surface area (Å²) in [5.74, 6) is 0.509. The van der Waals surface area contributed by atoms with Gasteiger partial charge >= 0.3 is 0 Å². The van der Waals surface area contributed by atoms with E-state index in [0.717, 1.165) is 6.54 Å². The minimum Gasteiger partial charge on any atom is -0.383 e. The molecule has 0 saturated carbocycles. The number of methoxy groups -OCH3 is 1. The molecule has 0 aliphatic heterocycles. The van der Waals surface area contributed by atoms with Crippen molar-refractivity contribution in [3.63, 3.8) is 0 Å². The van der Waals surface area contributed by atoms with Crippen LogP contribution in [0.2, 0.25) is 0 Å². The Morgan fingerprint density at radius 3 is 2.80 bits per heavy atom. The van der Waals surface area contributed by atoms with Crippen LogP contribution in [-0.2, 0) is 4.74 Å². The summed E-state index contributed by atoms with van der Waals surface area (Å²) in [7, 11) is 1.67. The lowest BCUT2D eigenvalue weighted by Crippen LogP contribution is -2.13. The van der Waals surface area contributed by atoms with Crippen LogP contribution in [0, 0.1) is 5.92 Å². The minimum atomic E-state index is 0.509. The Labute approximate surface area is 62.5 Å². The van der Waals surface area contributed by atoms with E-state index in [9.17, 15) is 0 Å². The fourth-order valence-electron chi connectivity index (χ4n) is 0.414. The molecule has 0 amide bonds. The van der Waals surface area contributed by atoms with Crippen molar-refractivity contribution in [3.8, 4) is 0 Å². The van der Waals surface area contributed by atoms with Crippen molar-refractivity contribution in [2.75, 3.05) is 20.3 Å². The van der Waals surface area contributed by atoms with Crippen molar-refractivity contribution in [2.24, 2.45) is 11.0 Å². The van der Waals surface area contributed by atoms with Crippen LogP contribution >= 0.6 is 0 Å². The average Bonchev–Trinajstić information content (AvgIpc) is 1.87. The third-order valence-electron chi connectivity index (χ3n) is 0.882. The lowest BCUT2D eigenvalue weighted by Gasteiger charge is -1.98. The molecule has 10 heavy (non-hydrogen) atoms. The van der Waals surface area contributed by atoms with Crippen LogP contribution in [0.4, 0.5) is 0 Å². The normalized spacial score (nSPS) is 11.2. The van der Waals surface area contributed by atoms with Gasteiger partial charge in [0.25, 0.3) is 0 Å². The summed E-state index contributed by atoms with van der Waals surface area (Å²) in [5.41, 5.74) is 2.86. The summed E-state index contributed by atoms with van der Waals surface area (Å²) >= 11 is 0. The van der Waals surface area contributed by atoms with E-state index in [-0.39, 0.29) is 0 Å². The summed E-state index contributed by atoms with van der Waals surface area (Å²) < 4.78 is 4.81. The molecule has 0 aromatic heterocycles. The first kappa shape index (κ1) is 9.43. The van der Waals surface area contributed by atoms with Crippen molar-refractivity contribution in [2.45, 2.75) is 13.8 Å². The Hall–Kier alpha value is -0.570. The third kappa shape index (κ3) is 7.43. The van der Waals surface area contributed by atoms with Gasteiger partial charge in [-0.1, -0.05) is 13.8 Å². The molecule has 60 valence electrons. The van der Waals surface area contributed by atoms with E-state index >= 15 is 0 Å². The summed E-state index contributed by atoms with van der Waals surface area (Å²) in [6.45, 7) is 5.65. The van der Waals surface area contributed by atoms with Gasteiger partial charge in [-0.15, -0.1) is 0 Å². The zero-order valence-corrected chi connectivity index (χ0v) is 6.92. The Kier molecular flexibility index (Phi) is 6.18. The highest BCUT2D eigenvalue weighted by atomic mass is 16.5. The first-order valence-electron chi connectivity index (χ1n) is 3.52. The molecule has 0 aromatic carbocycles. The third-order valence-corrected chi connectivity index (χ3v) is 0.882. The molecule has 0 atom stereocenters. The quantitative estimate of drug-likeness (QED) is 0.353. The van der Waals surface area contributed by atoms with E-state index in [4.69, 9.17) is 4.74 Å². The SMILES string of the molecule is COCCN/N=C/C(C)C. The fraction of sp³-hybridized carbons (Fsp3) is 0.857. The smallest absolute Gasteiger partial charge is 0.0652 e. The van der Waals surface area contributed by atoms with Crippen LogP contribution in [0.15, 0.2) is 5.10 Å². The molecule has 3 nitrogen and oxygen atoms in total. The maximum atomic E-state index is 4.81. The number of ether oxygens (including phenoxy) is 1. The Morgan fingerprint density at radius 2 is 2.30 bits per heavy atom. The van der Waals surface area contributed by atoms with Gasteiger partial charge in [0.2, 0.25) is 0 Å². The summed E-state index contributed by atoms with van der Waals surface area (Å²) in [5, 5.41) is 3.95. The Balaban J connectivity index is 3.02. The number of nitrogens with one attached hydrogen (secondary N) is 1. The van der Waals surface area contributed by atoms with Crippen molar-refractivity contribution >= 4 is 6.21 Å². The Bertz CT molecular complexity index is 91.6. The number of nitrogens with zero attached hydrogens (tertiary/aromatic N) is 1. The minimum absolute atomic E-state index is 0.509. The Morgan fingerprint density at radius 1 is 1.60 bits per heavy atom. The lowest BCUT2D eigenvalue weighted by molar-refractivity contribution is 0.200. The second kappa shape index (κ2) is 6.55. The van der Waals surface area contributed by atoms with Crippen LogP contribution < -0.4 is 5.43 Å². The maximum absolute atomic E-state index is 4.81. The zero-order chi connectivity index (χ0) is 7.82. The number of hydrogen-bond donors (Lipinski definition) is 1. The van der Waals surface area contributed by atoms with E-state index in [0.29, 0.717) is 12.5 Å². The zero-order valence-electron chi connectivity index (χ0n) is 6.92. The predicted molar refractivity (Wildman–Crippen MR) is 43.2 cm³/mol. The molecular weight excluding hydrogens is 128 g/mol. The summed E-state index contributed by atoms with van der Waals surface area (Å²) in [6, 6.07) is 0. The molecule has 0 heterocycles. The molecule has 0 rings (SSSR count). The molecule has 0 aliphatic carbocycles. The van der Waals surface area contributed by atoms with Gasteiger partial charge in [-0.3, -0.25) is 0 Å². The van der Waals surface area contributed by atoms with E-state index in [1.54, 1.807) is 7.11 Å². The molecule has 0 fully saturated rings. The monoisotopic (exact) mass is 144 g/mol. The van der Waals surface area contributed by atoms with Crippen LogP contribution in [-0.4, -0.2) is 26.5 Å². The molecule has 0 bridgehead atoms. The van der Waals surface area contributed by atoms with Crippen molar-refractivity contribution in [3.05, 3.63) is 0 Å². The van der Waals surface area contributed by atoms with Crippen LogP contribution in [0.1, 0.15) is 13.8 Å². The van der Waals surface area contributed by atoms with E-state index in [1.807, 2.05) is 6.21 Å². The second-order valence-electron chi connectivity index (χ2n) is 2.42. The van der Waals surface area contributed by atoms with Crippen molar-refractivity contribution in [1.29, 1.82) is 0 Å². The second-order valence-corrected chi connectivity index (χ2v) is 2.42. The lowest BCUT2D eigenvalue weighted by atomic mass is 10.3. The van der Waals surface area contributed by atoms with Crippen LogP contribution in [0.3, 0.4) is 0 Å². The van der Waals surface area contributed by atoms with Crippen molar-refractivity contribution in [1.82, 2.24) is 5.43 Å². The van der Waals surface area contributed by atoms with E-state index in [2.05, 4.69) is 24.4 Å². The topological polar surface area (TPSA) is 33.6 Å². The van der Waals surface area contributed by atoms with Gasteiger partial charge in [0.1, 0.15) is 0 Å². The molecular formula is C7H16N2O. The van der Waals surface area contributed by atoms with Crippen LogP contribution in [0.5, 0.6) is 0 Å². The summed E-state index contributed by atoms with van der Waals surface area (Å²) in [6.07, 6.45) is 1.87. The number of rotatable bonds is 5. The molecule has 0 saturated heterocycles.